The lowest BCUT2D eigenvalue weighted by Gasteiger charge is -2.37. The van der Waals surface area contributed by atoms with Gasteiger partial charge < -0.3 is 15.5 Å². The molecular weight excluding hydrogens is 408 g/mol. The van der Waals surface area contributed by atoms with E-state index in [4.69, 9.17) is 11.4 Å². The van der Waals surface area contributed by atoms with Gasteiger partial charge in [-0.1, -0.05) is 39.3 Å². The van der Waals surface area contributed by atoms with Crippen LogP contribution in [0.1, 0.15) is 66.2 Å². The molecule has 5 heteroatoms. The highest BCUT2D eigenvalue weighted by Crippen LogP contribution is 2.37. The van der Waals surface area contributed by atoms with Crippen molar-refractivity contribution in [1.82, 2.24) is 15.5 Å². The molecule has 33 heavy (non-hydrogen) atoms. The summed E-state index contributed by atoms with van der Waals surface area (Å²) < 4.78 is 0. The predicted molar refractivity (Wildman–Crippen MR) is 137 cm³/mol. The molecule has 0 spiro atoms. The molecule has 0 aromatic carbocycles. The molecule has 1 saturated carbocycles. The Kier molecular flexibility index (Phi) is 7.57. The lowest BCUT2D eigenvalue weighted by Crippen LogP contribution is -2.40. The number of aliphatic imine (C=N–C) groups is 1. The van der Waals surface area contributed by atoms with E-state index in [0.29, 0.717) is 25.3 Å². The third-order valence-electron chi connectivity index (χ3n) is 6.77. The molecule has 0 unspecified atom stereocenters. The Morgan fingerprint density at radius 1 is 1.42 bits per heavy atom. The lowest BCUT2D eigenvalue weighted by molar-refractivity contribution is -0.131. The van der Waals surface area contributed by atoms with E-state index >= 15 is 0 Å². The number of nitrogens with zero attached hydrogens (tertiary/aromatic N) is 2. The number of amides is 1. The average molecular weight is 449 g/mol. The van der Waals surface area contributed by atoms with Gasteiger partial charge in [-0.25, -0.2) is 0 Å². The Morgan fingerprint density at radius 2 is 2.15 bits per heavy atom. The van der Waals surface area contributed by atoms with Gasteiger partial charge in [0, 0.05) is 56.3 Å². The molecule has 1 atom stereocenters. The first kappa shape index (κ1) is 24.9. The van der Waals surface area contributed by atoms with Gasteiger partial charge in [0.15, 0.2) is 0 Å². The fraction of sp³-hybridized carbons (Fsp3) is 0.571. The summed E-state index contributed by atoms with van der Waals surface area (Å²) in [5, 5.41) is 6.75. The van der Waals surface area contributed by atoms with Crippen molar-refractivity contribution in [1.29, 1.82) is 0 Å². The minimum atomic E-state index is -0.366. The quantitative estimate of drug-likeness (QED) is 0.321. The van der Waals surface area contributed by atoms with Crippen molar-refractivity contribution in [2.24, 2.45) is 16.3 Å². The summed E-state index contributed by atoms with van der Waals surface area (Å²) in [6, 6.07) is 0. The van der Waals surface area contributed by atoms with Gasteiger partial charge in [-0.05, 0) is 55.6 Å². The highest BCUT2D eigenvalue weighted by atomic mass is 16.2. The first-order valence-corrected chi connectivity index (χ1v) is 12.1. The normalized spacial score (nSPS) is 23.7. The molecule has 5 nitrogen and oxygen atoms in total. The standard InChI is InChI=1S/C28H40N4O/c1-8-21-19-30-28(6,18-25(21)31-20(2)17-24(29-7)22-9-10-22)23-12-15-32(16-13-23)26(33)11-14-27(3,4)5/h1,12,17,19,22,29,31H,2,9-11,13-16,18H2,3-7H3/b24-17-/t28-/m0/s1. The van der Waals surface area contributed by atoms with E-state index in [0.717, 1.165) is 36.4 Å². The molecule has 0 radical (unpaired) electrons. The van der Waals surface area contributed by atoms with Crippen LogP contribution in [0.5, 0.6) is 0 Å². The molecule has 2 heterocycles. The van der Waals surface area contributed by atoms with E-state index < -0.39 is 0 Å². The summed E-state index contributed by atoms with van der Waals surface area (Å²) in [6.45, 7) is 14.3. The Morgan fingerprint density at radius 3 is 2.70 bits per heavy atom. The van der Waals surface area contributed by atoms with E-state index in [9.17, 15) is 4.79 Å². The topological polar surface area (TPSA) is 56.7 Å². The summed E-state index contributed by atoms with van der Waals surface area (Å²) >= 11 is 0. The largest absolute Gasteiger partial charge is 0.391 e. The van der Waals surface area contributed by atoms with Gasteiger partial charge in [0.25, 0.3) is 0 Å². The maximum Gasteiger partial charge on any atom is 0.222 e. The van der Waals surface area contributed by atoms with Crippen molar-refractivity contribution in [2.75, 3.05) is 20.1 Å². The van der Waals surface area contributed by atoms with Gasteiger partial charge in [0.1, 0.15) is 0 Å². The highest BCUT2D eigenvalue weighted by Gasteiger charge is 2.35. The third kappa shape index (κ3) is 6.63. The van der Waals surface area contributed by atoms with Crippen molar-refractivity contribution < 1.29 is 4.79 Å². The van der Waals surface area contributed by atoms with Gasteiger partial charge >= 0.3 is 0 Å². The van der Waals surface area contributed by atoms with Crippen molar-refractivity contribution in [3.63, 3.8) is 0 Å². The van der Waals surface area contributed by atoms with Crippen molar-refractivity contribution in [3.05, 3.63) is 47.0 Å². The molecule has 3 aliphatic rings. The molecular formula is C28H40N4O. The third-order valence-corrected chi connectivity index (χ3v) is 6.77. The van der Waals surface area contributed by atoms with Crippen LogP contribution in [0.3, 0.4) is 0 Å². The summed E-state index contributed by atoms with van der Waals surface area (Å²) in [7, 11) is 1.96. The summed E-state index contributed by atoms with van der Waals surface area (Å²) in [5.74, 6) is 3.63. The van der Waals surface area contributed by atoms with E-state index in [1.54, 1.807) is 0 Å². The molecule has 2 aliphatic heterocycles. The zero-order valence-corrected chi connectivity index (χ0v) is 21.1. The van der Waals surface area contributed by atoms with Gasteiger partial charge in [0.2, 0.25) is 5.91 Å². The van der Waals surface area contributed by atoms with Crippen LogP contribution >= 0.6 is 0 Å². The molecule has 0 aromatic rings. The summed E-state index contributed by atoms with van der Waals surface area (Å²) in [5.41, 5.74) is 4.88. The van der Waals surface area contributed by atoms with E-state index in [1.807, 2.05) is 18.2 Å². The van der Waals surface area contributed by atoms with Crippen LogP contribution < -0.4 is 10.6 Å². The Hall–Kier alpha value is -2.74. The molecule has 3 rings (SSSR count). The van der Waals surface area contributed by atoms with Crippen LogP contribution in [0.4, 0.5) is 0 Å². The van der Waals surface area contributed by atoms with Gasteiger partial charge in [-0.15, -0.1) is 6.42 Å². The number of terminal acetylenes is 1. The van der Waals surface area contributed by atoms with Crippen LogP contribution in [0.25, 0.3) is 0 Å². The number of nitrogens with one attached hydrogen (secondary N) is 2. The number of hydrogen-bond donors (Lipinski definition) is 2. The lowest BCUT2D eigenvalue weighted by atomic mass is 9.81. The van der Waals surface area contributed by atoms with Crippen LogP contribution in [0, 0.1) is 23.7 Å². The first-order chi connectivity index (χ1) is 15.5. The van der Waals surface area contributed by atoms with Crippen molar-refractivity contribution in [2.45, 2.75) is 71.8 Å². The minimum Gasteiger partial charge on any atom is -0.391 e. The smallest absolute Gasteiger partial charge is 0.222 e. The Bertz CT molecular complexity index is 949. The fourth-order valence-electron chi connectivity index (χ4n) is 4.43. The minimum absolute atomic E-state index is 0.174. The second kappa shape index (κ2) is 10.0. The van der Waals surface area contributed by atoms with Gasteiger partial charge in [0.05, 0.1) is 11.1 Å². The van der Waals surface area contributed by atoms with Crippen LogP contribution in [0.15, 0.2) is 52.0 Å². The van der Waals surface area contributed by atoms with E-state index in [1.165, 1.54) is 24.1 Å². The molecule has 0 aromatic heterocycles. The molecule has 0 saturated heterocycles. The number of carbonyl (C=O) groups is 1. The Balaban J connectivity index is 1.66. The summed E-state index contributed by atoms with van der Waals surface area (Å²) in [6.07, 6.45) is 17.4. The second-order valence-corrected chi connectivity index (χ2v) is 10.9. The Labute approximate surface area is 200 Å². The zero-order valence-electron chi connectivity index (χ0n) is 21.1. The first-order valence-electron chi connectivity index (χ1n) is 12.1. The number of hydrogen-bond acceptors (Lipinski definition) is 4. The van der Waals surface area contributed by atoms with E-state index in [-0.39, 0.29) is 16.9 Å². The predicted octanol–water partition coefficient (Wildman–Crippen LogP) is 4.71. The molecule has 1 fully saturated rings. The molecule has 2 N–H and O–H groups in total. The fourth-order valence-corrected chi connectivity index (χ4v) is 4.43. The zero-order chi connectivity index (χ0) is 24.2. The summed E-state index contributed by atoms with van der Waals surface area (Å²) in [4.78, 5) is 19.5. The maximum absolute atomic E-state index is 12.6. The van der Waals surface area contributed by atoms with Gasteiger partial charge in [-0.3, -0.25) is 9.79 Å². The second-order valence-electron chi connectivity index (χ2n) is 10.9. The average Bonchev–Trinajstić information content (AvgIpc) is 3.61. The molecule has 0 bridgehead atoms. The molecule has 178 valence electrons. The van der Waals surface area contributed by atoms with E-state index in [2.05, 4.69) is 63.0 Å². The maximum atomic E-state index is 12.6. The molecule has 1 amide bonds. The van der Waals surface area contributed by atoms with Crippen LogP contribution in [-0.2, 0) is 4.79 Å². The van der Waals surface area contributed by atoms with Gasteiger partial charge in [-0.2, -0.15) is 0 Å². The number of dihydropyridines is 1. The van der Waals surface area contributed by atoms with Crippen molar-refractivity contribution >= 4 is 12.1 Å². The van der Waals surface area contributed by atoms with Crippen LogP contribution in [-0.4, -0.2) is 42.7 Å². The van der Waals surface area contributed by atoms with Crippen molar-refractivity contribution in [3.8, 4) is 12.3 Å². The van der Waals surface area contributed by atoms with Crippen LogP contribution in [0.2, 0.25) is 0 Å². The number of carbonyl (C=O) groups excluding carboxylic acids is 1. The number of rotatable bonds is 8. The molecule has 1 aliphatic carbocycles. The number of allylic oxidation sites excluding steroid dienone is 3. The highest BCUT2D eigenvalue weighted by molar-refractivity contribution is 5.87. The monoisotopic (exact) mass is 448 g/mol. The SMILES string of the molecule is C#CC1=C(NC(=C)/C=C(\NC)C2CC2)C[C@@](C)(C2=CCN(C(=O)CCC(C)(C)C)CC2)N=C1.